The van der Waals surface area contributed by atoms with E-state index in [0.717, 1.165) is 11.1 Å². The summed E-state index contributed by atoms with van der Waals surface area (Å²) in [6.45, 7) is 0.101. The fraction of sp³-hybridized carbons (Fsp3) is 0.0500. The van der Waals surface area contributed by atoms with E-state index in [1.54, 1.807) is 12.4 Å². The van der Waals surface area contributed by atoms with E-state index in [0.29, 0.717) is 26.6 Å². The first-order chi connectivity index (χ1) is 13.6. The predicted octanol–water partition coefficient (Wildman–Crippen LogP) is 3.56. The van der Waals surface area contributed by atoms with Crippen molar-refractivity contribution in [1.82, 2.24) is 15.2 Å². The van der Waals surface area contributed by atoms with E-state index >= 15 is 0 Å². The summed E-state index contributed by atoms with van der Waals surface area (Å²) in [6.07, 6.45) is 3.29. The van der Waals surface area contributed by atoms with Gasteiger partial charge < -0.3 is 11.5 Å². The number of H-pyrrole nitrogens is 1. The Hall–Kier alpha value is -3.36. The monoisotopic (exact) mass is 393 g/mol. The zero-order valence-electron chi connectivity index (χ0n) is 14.6. The number of amides is 1. The molecule has 1 amide bonds. The largest absolute Gasteiger partial charge is 0.364 e. The highest BCUT2D eigenvalue weighted by molar-refractivity contribution is 7.18. The van der Waals surface area contributed by atoms with Crippen LogP contribution >= 0.6 is 11.3 Å². The molecule has 0 radical (unpaired) electrons. The minimum atomic E-state index is -0.660. The average Bonchev–Trinajstić information content (AvgIpc) is 3.37. The molecule has 4 aromatic rings. The molecular weight excluding hydrogens is 377 g/mol. The molecule has 0 unspecified atom stereocenters. The van der Waals surface area contributed by atoms with Crippen molar-refractivity contribution in [3.05, 3.63) is 71.9 Å². The van der Waals surface area contributed by atoms with Crippen LogP contribution in [0, 0.1) is 5.82 Å². The molecule has 0 aliphatic rings. The lowest BCUT2D eigenvalue weighted by Gasteiger charge is -2.14. The van der Waals surface area contributed by atoms with Gasteiger partial charge >= 0.3 is 0 Å². The van der Waals surface area contributed by atoms with Gasteiger partial charge in [0.05, 0.1) is 11.1 Å². The van der Waals surface area contributed by atoms with Gasteiger partial charge in [0.25, 0.3) is 5.91 Å². The van der Waals surface area contributed by atoms with E-state index in [-0.39, 0.29) is 12.2 Å². The second-order valence-electron chi connectivity index (χ2n) is 6.11. The van der Waals surface area contributed by atoms with E-state index in [4.69, 9.17) is 11.5 Å². The average molecular weight is 393 g/mol. The van der Waals surface area contributed by atoms with Gasteiger partial charge in [0.2, 0.25) is 0 Å². The fourth-order valence-electron chi connectivity index (χ4n) is 3.09. The van der Waals surface area contributed by atoms with Gasteiger partial charge in [-0.25, -0.2) is 9.37 Å². The Morgan fingerprint density at radius 3 is 2.61 bits per heavy atom. The molecule has 2 aromatic heterocycles. The predicted molar refractivity (Wildman–Crippen MR) is 107 cm³/mol. The smallest absolute Gasteiger partial charge is 0.268 e. The van der Waals surface area contributed by atoms with Gasteiger partial charge in [0.15, 0.2) is 0 Å². The molecule has 5 N–H and O–H groups in total. The molecule has 2 heterocycles. The molecule has 140 valence electrons. The summed E-state index contributed by atoms with van der Waals surface area (Å²) < 4.78 is 14.3. The molecule has 0 saturated heterocycles. The lowest BCUT2D eigenvalue weighted by molar-refractivity contribution is 0.0997. The first kappa shape index (κ1) is 18.0. The van der Waals surface area contributed by atoms with Crippen LogP contribution in [0.4, 0.5) is 4.39 Å². The molecule has 2 aromatic carbocycles. The lowest BCUT2D eigenvalue weighted by atomic mass is 9.93. The van der Waals surface area contributed by atoms with Crippen LogP contribution in [-0.4, -0.2) is 21.1 Å². The maximum Gasteiger partial charge on any atom is 0.268 e. The summed E-state index contributed by atoms with van der Waals surface area (Å²) in [6, 6.07) is 12.2. The second kappa shape index (κ2) is 7.34. The van der Waals surface area contributed by atoms with Gasteiger partial charge in [0, 0.05) is 23.9 Å². The van der Waals surface area contributed by atoms with Crippen molar-refractivity contribution < 1.29 is 9.18 Å². The van der Waals surface area contributed by atoms with E-state index in [9.17, 15) is 9.18 Å². The number of nitrogens with two attached hydrogens (primary N) is 2. The minimum absolute atomic E-state index is 0.101. The molecule has 0 saturated carbocycles. The number of aromatic amines is 1. The molecule has 6 nitrogen and oxygen atoms in total. The third-order valence-corrected chi connectivity index (χ3v) is 5.44. The van der Waals surface area contributed by atoms with Gasteiger partial charge in [-0.15, -0.1) is 11.3 Å². The highest BCUT2D eigenvalue weighted by Crippen LogP contribution is 2.42. The summed E-state index contributed by atoms with van der Waals surface area (Å²) in [5.41, 5.74) is 15.1. The second-order valence-corrected chi connectivity index (χ2v) is 7.10. The molecular formula is C20H16FN5OS. The molecule has 0 aliphatic heterocycles. The van der Waals surface area contributed by atoms with Crippen LogP contribution in [0.2, 0.25) is 0 Å². The van der Waals surface area contributed by atoms with Gasteiger partial charge in [0.1, 0.15) is 16.5 Å². The normalized spacial score (nSPS) is 10.9. The molecule has 0 aliphatic carbocycles. The summed E-state index contributed by atoms with van der Waals surface area (Å²) in [5.74, 6) is -1.06. The van der Waals surface area contributed by atoms with Crippen molar-refractivity contribution >= 4 is 17.2 Å². The number of hydrogen-bond acceptors (Lipinski definition) is 5. The highest BCUT2D eigenvalue weighted by atomic mass is 32.1. The van der Waals surface area contributed by atoms with Gasteiger partial charge in [-0.1, -0.05) is 30.3 Å². The first-order valence-corrected chi connectivity index (χ1v) is 9.28. The van der Waals surface area contributed by atoms with Crippen LogP contribution in [0.3, 0.4) is 0 Å². The number of primary amides is 1. The van der Waals surface area contributed by atoms with Crippen molar-refractivity contribution in [3.8, 4) is 32.1 Å². The number of aromatic nitrogens is 3. The Labute approximate surface area is 164 Å². The molecule has 0 fully saturated rings. The number of carbonyl (C=O) groups excluding carboxylic acids is 1. The molecule has 0 atom stereocenters. The van der Waals surface area contributed by atoms with Gasteiger partial charge in [-0.3, -0.25) is 9.89 Å². The maximum absolute atomic E-state index is 14.3. The zero-order valence-corrected chi connectivity index (χ0v) is 15.5. The summed E-state index contributed by atoms with van der Waals surface area (Å²) >= 11 is 1.29. The van der Waals surface area contributed by atoms with Crippen LogP contribution in [0.5, 0.6) is 0 Å². The van der Waals surface area contributed by atoms with Crippen LogP contribution in [0.1, 0.15) is 16.1 Å². The highest BCUT2D eigenvalue weighted by Gasteiger charge is 2.24. The summed E-state index contributed by atoms with van der Waals surface area (Å²) in [4.78, 5) is 17.1. The topological polar surface area (TPSA) is 111 Å². The molecule has 0 spiro atoms. The van der Waals surface area contributed by atoms with E-state index < -0.39 is 11.7 Å². The van der Waals surface area contributed by atoms with Crippen LogP contribution in [0.15, 0.2) is 54.9 Å². The Bertz CT molecular complexity index is 1140. The number of nitrogens with one attached hydrogen (secondary N) is 1. The molecule has 0 bridgehead atoms. The van der Waals surface area contributed by atoms with Crippen molar-refractivity contribution in [1.29, 1.82) is 0 Å². The van der Waals surface area contributed by atoms with Crippen LogP contribution in [-0.2, 0) is 6.54 Å². The van der Waals surface area contributed by atoms with E-state index in [1.165, 1.54) is 23.5 Å². The Morgan fingerprint density at radius 1 is 1.18 bits per heavy atom. The van der Waals surface area contributed by atoms with Crippen molar-refractivity contribution in [3.63, 3.8) is 0 Å². The SMILES string of the molecule is NCc1cc(F)cc(-c2ccccc2)c1-c1sc(-c2cn[nH]c2)nc1C(N)=O. The van der Waals surface area contributed by atoms with E-state index in [1.807, 2.05) is 30.3 Å². The summed E-state index contributed by atoms with van der Waals surface area (Å²) in [5, 5.41) is 7.23. The molecule has 28 heavy (non-hydrogen) atoms. The number of thiazole rings is 1. The van der Waals surface area contributed by atoms with Crippen molar-refractivity contribution in [2.45, 2.75) is 6.54 Å². The van der Waals surface area contributed by atoms with E-state index in [2.05, 4.69) is 15.2 Å². The minimum Gasteiger partial charge on any atom is -0.364 e. The Balaban J connectivity index is 2.03. The molecule has 4 rings (SSSR count). The third kappa shape index (κ3) is 3.19. The number of halogens is 1. The lowest BCUT2D eigenvalue weighted by Crippen LogP contribution is -2.13. The number of rotatable bonds is 5. The van der Waals surface area contributed by atoms with Crippen molar-refractivity contribution in [2.75, 3.05) is 0 Å². The Kier molecular flexibility index (Phi) is 4.72. The first-order valence-electron chi connectivity index (χ1n) is 8.46. The summed E-state index contributed by atoms with van der Waals surface area (Å²) in [7, 11) is 0. The number of hydrogen-bond donors (Lipinski definition) is 3. The quantitative estimate of drug-likeness (QED) is 0.481. The maximum atomic E-state index is 14.3. The fourth-order valence-corrected chi connectivity index (χ4v) is 4.23. The Morgan fingerprint density at radius 2 is 1.96 bits per heavy atom. The standard InChI is InChI=1S/C20H16FN5OS/c21-14-6-12(8-22)16(15(7-14)11-4-2-1-3-5-11)18-17(19(23)27)26-20(28-18)13-9-24-25-10-13/h1-7,9-10H,8,22H2,(H2,23,27)(H,24,25). The van der Waals surface area contributed by atoms with Crippen LogP contribution < -0.4 is 11.5 Å². The number of carbonyl (C=O) groups is 1. The van der Waals surface area contributed by atoms with Crippen LogP contribution in [0.25, 0.3) is 32.1 Å². The van der Waals surface area contributed by atoms with Gasteiger partial charge in [-0.2, -0.15) is 5.10 Å². The van der Waals surface area contributed by atoms with Crippen molar-refractivity contribution in [2.24, 2.45) is 11.5 Å². The number of benzene rings is 2. The zero-order chi connectivity index (χ0) is 19.7. The number of nitrogens with zero attached hydrogens (tertiary/aromatic N) is 2. The third-order valence-electron chi connectivity index (χ3n) is 4.32. The molecule has 8 heteroatoms. The van der Waals surface area contributed by atoms with Gasteiger partial charge in [-0.05, 0) is 28.8 Å².